The van der Waals surface area contributed by atoms with E-state index in [0.29, 0.717) is 6.07 Å². The molecule has 0 saturated heterocycles. The van der Waals surface area contributed by atoms with Crippen LogP contribution < -0.4 is 4.13 Å². The summed E-state index contributed by atoms with van der Waals surface area (Å²) in [5.74, 6) is 0. The van der Waals surface area contributed by atoms with E-state index in [-0.39, 0.29) is 0 Å². The minimum atomic E-state index is -4.97. The van der Waals surface area contributed by atoms with Crippen LogP contribution in [0.3, 0.4) is 0 Å². The normalized spacial score (nSPS) is 12.3. The molecule has 0 aliphatic rings. The lowest BCUT2D eigenvalue weighted by molar-refractivity contribution is -0.385. The number of hydrogen-bond donors (Lipinski definition) is 2. The Morgan fingerprint density at radius 3 is 2.29 bits per heavy atom. The van der Waals surface area contributed by atoms with E-state index < -0.39 is 35.8 Å². The molecule has 0 radical (unpaired) electrons. The third-order valence-corrected chi connectivity index (χ3v) is 4.15. The van der Waals surface area contributed by atoms with Gasteiger partial charge in [-0.15, -0.1) is 0 Å². The first-order valence-corrected chi connectivity index (χ1v) is 6.79. The van der Waals surface area contributed by atoms with E-state index in [4.69, 9.17) is 4.55 Å². The topological polar surface area (TPSA) is 144 Å². The number of benzene rings is 1. The Balaban J connectivity index is 3.25. The quantitative estimate of drug-likeness (QED) is 0.437. The largest absolute Gasteiger partial charge is 0.346 e. The first-order valence-electron chi connectivity index (χ1n) is 3.87. The van der Waals surface area contributed by atoms with Gasteiger partial charge in [0.1, 0.15) is 0 Å². The van der Waals surface area contributed by atoms with Gasteiger partial charge < -0.3 is 0 Å². The third kappa shape index (κ3) is 3.74. The highest BCUT2D eigenvalue weighted by atomic mass is 32.3. The summed E-state index contributed by atoms with van der Waals surface area (Å²) in [4.78, 5) is 8.90. The Kier molecular flexibility index (Phi) is 3.47. The Morgan fingerprint density at radius 2 is 1.82 bits per heavy atom. The second-order valence-electron chi connectivity index (χ2n) is 2.82. The van der Waals surface area contributed by atoms with E-state index >= 15 is 0 Å². The molecule has 1 rings (SSSR count). The maximum absolute atomic E-state index is 11.3. The van der Waals surface area contributed by atoms with Gasteiger partial charge in [0.25, 0.3) is 15.7 Å². The lowest BCUT2D eigenvalue weighted by Crippen LogP contribution is -2.29. The lowest BCUT2D eigenvalue weighted by Gasteiger charge is -2.03. The molecule has 0 spiro atoms. The van der Waals surface area contributed by atoms with Gasteiger partial charge in [0, 0.05) is 12.1 Å². The minimum absolute atomic E-state index is 0.525. The maximum Gasteiger partial charge on any atom is 0.346 e. The van der Waals surface area contributed by atoms with Crippen LogP contribution in [-0.2, 0) is 20.3 Å². The molecule has 0 heterocycles. The number of nitro groups is 1. The van der Waals surface area contributed by atoms with Crippen molar-refractivity contribution in [2.24, 2.45) is 0 Å². The predicted octanol–water partition coefficient (Wildman–Crippen LogP) is -0.324. The van der Waals surface area contributed by atoms with Crippen LogP contribution in [0.4, 0.5) is 5.69 Å². The third-order valence-electron chi connectivity index (χ3n) is 1.55. The van der Waals surface area contributed by atoms with E-state index in [9.17, 15) is 26.9 Å². The van der Waals surface area contributed by atoms with Crippen molar-refractivity contribution in [3.05, 3.63) is 34.4 Å². The molecule has 9 nitrogen and oxygen atoms in total. The highest BCUT2D eigenvalue weighted by molar-refractivity contribution is 8.02. The molecule has 2 N–H and O–H groups in total. The zero-order chi connectivity index (χ0) is 13.3. The summed E-state index contributed by atoms with van der Waals surface area (Å²) in [6.45, 7) is 0. The molecule has 0 atom stereocenters. The van der Waals surface area contributed by atoms with Crippen LogP contribution in [0.1, 0.15) is 0 Å². The summed E-state index contributed by atoms with van der Waals surface area (Å²) >= 11 is 0. The van der Waals surface area contributed by atoms with Gasteiger partial charge in [-0.3, -0.25) is 14.7 Å². The highest BCUT2D eigenvalue weighted by Crippen LogP contribution is 2.17. The summed E-state index contributed by atoms with van der Waals surface area (Å²) in [7, 11) is -9.54. The van der Waals surface area contributed by atoms with Crippen molar-refractivity contribution in [3.63, 3.8) is 0 Å². The number of non-ortho nitro benzene ring substituents is 1. The van der Waals surface area contributed by atoms with Crippen LogP contribution in [0.2, 0.25) is 0 Å². The fourth-order valence-corrected chi connectivity index (χ4v) is 2.98. The van der Waals surface area contributed by atoms with E-state index in [2.05, 4.69) is 0 Å². The van der Waals surface area contributed by atoms with Gasteiger partial charge in [-0.1, -0.05) is 10.2 Å². The Morgan fingerprint density at radius 1 is 1.24 bits per heavy atom. The molecule has 1 aromatic carbocycles. The van der Waals surface area contributed by atoms with Crippen LogP contribution in [0, 0.1) is 10.1 Å². The molecular weight excluding hydrogens is 276 g/mol. The van der Waals surface area contributed by atoms with Gasteiger partial charge in [0.2, 0.25) is 0 Å². The molecule has 0 bridgehead atoms. The van der Waals surface area contributed by atoms with Crippen molar-refractivity contribution in [3.8, 4) is 0 Å². The molecule has 0 amide bonds. The van der Waals surface area contributed by atoms with Crippen molar-refractivity contribution in [2.45, 2.75) is 4.90 Å². The average Bonchev–Trinajstić information content (AvgIpc) is 2.14. The molecule has 0 saturated carbocycles. The van der Waals surface area contributed by atoms with Crippen LogP contribution in [0.15, 0.2) is 29.2 Å². The van der Waals surface area contributed by atoms with Crippen LogP contribution in [0.5, 0.6) is 0 Å². The van der Waals surface area contributed by atoms with Crippen LogP contribution in [-0.4, -0.2) is 26.3 Å². The van der Waals surface area contributed by atoms with Crippen LogP contribution in [0.25, 0.3) is 0 Å². The van der Waals surface area contributed by atoms with E-state index in [1.54, 1.807) is 0 Å². The van der Waals surface area contributed by atoms with Gasteiger partial charge >= 0.3 is 10.3 Å². The van der Waals surface area contributed by atoms with Crippen molar-refractivity contribution in [2.75, 3.05) is 0 Å². The van der Waals surface area contributed by atoms with E-state index in [1.807, 2.05) is 0 Å². The number of rotatable bonds is 4. The standard InChI is InChI=1S/C6H6N2O7S2/c9-8(10)5-2-1-3-6(4-5)16(11,12)7-17(13,14)15/h1-4,7H,(H,13,14,15). The minimum Gasteiger partial charge on any atom is -0.273 e. The molecule has 11 heteroatoms. The molecule has 17 heavy (non-hydrogen) atoms. The Bertz CT molecular complexity index is 649. The first-order chi connectivity index (χ1) is 7.62. The van der Waals surface area contributed by atoms with Gasteiger partial charge in [-0.2, -0.15) is 8.42 Å². The number of sulfonamides is 1. The molecule has 94 valence electrons. The van der Waals surface area contributed by atoms with Gasteiger partial charge in [0.15, 0.2) is 0 Å². The Labute approximate surface area is 96.2 Å². The highest BCUT2D eigenvalue weighted by Gasteiger charge is 2.22. The molecule has 1 aromatic rings. The molecule has 0 aromatic heterocycles. The predicted molar refractivity (Wildman–Crippen MR) is 55.0 cm³/mol. The fourth-order valence-electron chi connectivity index (χ4n) is 0.951. The second kappa shape index (κ2) is 4.37. The molecule has 0 aliphatic carbocycles. The molecule has 0 unspecified atom stereocenters. The smallest absolute Gasteiger partial charge is 0.273 e. The van der Waals surface area contributed by atoms with Crippen molar-refractivity contribution < 1.29 is 26.3 Å². The summed E-state index contributed by atoms with van der Waals surface area (Å²) in [5.41, 5.74) is -0.525. The summed E-state index contributed by atoms with van der Waals surface area (Å²) < 4.78 is 52.7. The number of hydrogen-bond acceptors (Lipinski definition) is 6. The summed E-state index contributed by atoms with van der Waals surface area (Å²) in [5, 5.41) is 10.4. The SMILES string of the molecule is O=[N+]([O-])c1cccc(S(=O)(=O)NS(=O)(=O)O)c1. The monoisotopic (exact) mass is 282 g/mol. The second-order valence-corrected chi connectivity index (χ2v) is 5.91. The summed E-state index contributed by atoms with van der Waals surface area (Å²) in [6.07, 6.45) is 0. The molecule has 0 aliphatic heterocycles. The number of nitro benzene ring substituents is 1. The number of nitrogens with one attached hydrogen (secondary N) is 1. The van der Waals surface area contributed by atoms with Gasteiger partial charge in [-0.25, -0.2) is 8.42 Å². The van der Waals surface area contributed by atoms with Gasteiger partial charge in [-0.05, 0) is 6.07 Å². The van der Waals surface area contributed by atoms with Crippen LogP contribution >= 0.6 is 0 Å². The van der Waals surface area contributed by atoms with Gasteiger partial charge in [0.05, 0.1) is 9.82 Å². The lowest BCUT2D eigenvalue weighted by atomic mass is 10.3. The van der Waals surface area contributed by atoms with Crippen molar-refractivity contribution in [1.29, 1.82) is 0 Å². The number of nitrogens with zero attached hydrogens (tertiary/aromatic N) is 1. The first kappa shape index (κ1) is 13.5. The summed E-state index contributed by atoms with van der Waals surface area (Å²) in [6, 6.07) is 3.71. The maximum atomic E-state index is 11.3. The Hall–Kier alpha value is -1.56. The van der Waals surface area contributed by atoms with Crippen molar-refractivity contribution in [1.82, 2.24) is 4.13 Å². The van der Waals surface area contributed by atoms with Crippen molar-refractivity contribution >= 4 is 26.0 Å². The zero-order valence-electron chi connectivity index (χ0n) is 7.97. The van der Waals surface area contributed by atoms with E-state index in [0.717, 1.165) is 22.3 Å². The average molecular weight is 282 g/mol. The van der Waals surface area contributed by atoms with E-state index in [1.165, 1.54) is 0 Å². The molecular formula is C6H6N2O7S2. The molecule has 0 fully saturated rings. The fraction of sp³-hybridized carbons (Fsp3) is 0. The zero-order valence-corrected chi connectivity index (χ0v) is 9.60.